The molecule has 0 radical (unpaired) electrons. The fraction of sp³-hybridized carbons (Fsp3) is 0.333. The maximum atomic E-state index is 13.0. The average molecular weight is 425 g/mol. The summed E-state index contributed by atoms with van der Waals surface area (Å²) >= 11 is 0. The molecule has 7 heteroatoms. The zero-order chi connectivity index (χ0) is 22.4. The number of carbonyl (C=O) groups is 2. The van der Waals surface area contributed by atoms with Gasteiger partial charge < -0.3 is 24.2 Å². The molecule has 0 spiro atoms. The van der Waals surface area contributed by atoms with E-state index in [1.165, 1.54) is 12.0 Å². The molecule has 1 aliphatic heterocycles. The van der Waals surface area contributed by atoms with Gasteiger partial charge in [-0.1, -0.05) is 12.1 Å². The Morgan fingerprint density at radius 3 is 2.32 bits per heavy atom. The van der Waals surface area contributed by atoms with Gasteiger partial charge in [-0.3, -0.25) is 9.59 Å². The van der Waals surface area contributed by atoms with Crippen molar-refractivity contribution in [3.8, 4) is 11.5 Å². The van der Waals surface area contributed by atoms with E-state index < -0.39 is 17.7 Å². The highest BCUT2D eigenvalue weighted by Gasteiger charge is 2.46. The Hall–Kier alpha value is -3.32. The number of likely N-dealkylation sites (tertiary alicyclic amines) is 1. The number of methoxy groups -OCH3 is 1. The highest BCUT2D eigenvalue weighted by molar-refractivity contribution is 6.46. The highest BCUT2D eigenvalue weighted by Crippen LogP contribution is 2.40. The summed E-state index contributed by atoms with van der Waals surface area (Å²) in [6.45, 7) is 5.24. The Bertz CT molecular complexity index is 966. The average Bonchev–Trinajstić information content (AvgIpc) is 3.03. The quantitative estimate of drug-likeness (QED) is 0.376. The number of hydrogen-bond donors (Lipinski definition) is 1. The van der Waals surface area contributed by atoms with Crippen molar-refractivity contribution in [1.29, 1.82) is 0 Å². The number of aliphatic hydroxyl groups excluding tert-OH is 1. The maximum Gasteiger partial charge on any atom is 0.295 e. The molecule has 1 atom stereocenters. The molecular weight excluding hydrogens is 398 g/mol. The van der Waals surface area contributed by atoms with Crippen LogP contribution < -0.4 is 9.47 Å². The zero-order valence-electron chi connectivity index (χ0n) is 18.0. The standard InChI is InChI=1S/C24H27NO6/c1-4-30-18-11-9-16(10-12-18)22(26)20-21(17-7-6-8-19(15-17)31-5-2)25(13-14-29-3)24(28)23(20)27/h6-12,15,21,26H,4-5,13-14H2,1-3H3/b22-20+. The molecule has 1 heterocycles. The first-order valence-electron chi connectivity index (χ1n) is 10.2. The molecule has 0 aromatic heterocycles. The number of benzene rings is 2. The Balaban J connectivity index is 2.10. The largest absolute Gasteiger partial charge is 0.507 e. The van der Waals surface area contributed by atoms with Crippen LogP contribution in [0.1, 0.15) is 31.0 Å². The fourth-order valence-electron chi connectivity index (χ4n) is 3.62. The summed E-state index contributed by atoms with van der Waals surface area (Å²) in [4.78, 5) is 27.2. The summed E-state index contributed by atoms with van der Waals surface area (Å²) in [6.07, 6.45) is 0. The third-order valence-corrected chi connectivity index (χ3v) is 5.00. The third-order valence-electron chi connectivity index (χ3n) is 5.00. The molecule has 1 N–H and O–H groups in total. The molecule has 1 unspecified atom stereocenters. The molecular formula is C24H27NO6. The molecule has 31 heavy (non-hydrogen) atoms. The van der Waals surface area contributed by atoms with Crippen LogP contribution in [0, 0.1) is 0 Å². The van der Waals surface area contributed by atoms with E-state index in [1.54, 1.807) is 42.5 Å². The first-order chi connectivity index (χ1) is 15.0. The number of nitrogens with zero attached hydrogens (tertiary/aromatic N) is 1. The van der Waals surface area contributed by atoms with Gasteiger partial charge in [0, 0.05) is 19.2 Å². The highest BCUT2D eigenvalue weighted by atomic mass is 16.5. The lowest BCUT2D eigenvalue weighted by Gasteiger charge is -2.25. The van der Waals surface area contributed by atoms with Crippen molar-refractivity contribution in [3.63, 3.8) is 0 Å². The Labute approximate surface area is 181 Å². The van der Waals surface area contributed by atoms with Crippen LogP contribution in [-0.4, -0.2) is 55.2 Å². The predicted octanol–water partition coefficient (Wildman–Crippen LogP) is 3.55. The van der Waals surface area contributed by atoms with E-state index in [9.17, 15) is 14.7 Å². The summed E-state index contributed by atoms with van der Waals surface area (Å²) in [7, 11) is 1.53. The van der Waals surface area contributed by atoms with Gasteiger partial charge in [0.2, 0.25) is 0 Å². The van der Waals surface area contributed by atoms with Gasteiger partial charge in [-0.05, 0) is 55.8 Å². The first kappa shape index (κ1) is 22.4. The summed E-state index contributed by atoms with van der Waals surface area (Å²) in [5.41, 5.74) is 1.15. The number of aliphatic hydroxyl groups is 1. The van der Waals surface area contributed by atoms with Crippen LogP contribution in [0.5, 0.6) is 11.5 Å². The summed E-state index contributed by atoms with van der Waals surface area (Å²) < 4.78 is 16.2. The van der Waals surface area contributed by atoms with E-state index >= 15 is 0 Å². The number of amides is 1. The van der Waals surface area contributed by atoms with E-state index in [1.807, 2.05) is 19.9 Å². The van der Waals surface area contributed by atoms with Crippen molar-refractivity contribution in [2.24, 2.45) is 0 Å². The number of Topliss-reactive ketones (excluding diaryl/α,β-unsaturated/α-hetero) is 1. The number of ketones is 1. The topological polar surface area (TPSA) is 85.3 Å². The molecule has 1 saturated heterocycles. The summed E-state index contributed by atoms with van der Waals surface area (Å²) in [5.74, 6) is -0.349. The first-order valence-corrected chi connectivity index (χ1v) is 10.2. The Morgan fingerprint density at radius 2 is 1.68 bits per heavy atom. The van der Waals surface area contributed by atoms with Gasteiger partial charge in [0.05, 0.1) is 31.4 Å². The van der Waals surface area contributed by atoms with Crippen molar-refractivity contribution in [2.75, 3.05) is 33.5 Å². The maximum absolute atomic E-state index is 13.0. The SMILES string of the molecule is CCOc1ccc(/C(O)=C2\C(=O)C(=O)N(CCOC)C2c2cccc(OCC)c2)cc1. The normalized spacial score (nSPS) is 17.8. The lowest BCUT2D eigenvalue weighted by Crippen LogP contribution is -2.32. The van der Waals surface area contributed by atoms with Crippen molar-refractivity contribution in [1.82, 2.24) is 4.90 Å². The third kappa shape index (κ3) is 4.72. The van der Waals surface area contributed by atoms with Crippen LogP contribution in [0.4, 0.5) is 0 Å². The molecule has 3 rings (SSSR count). The van der Waals surface area contributed by atoms with Crippen LogP contribution in [-0.2, 0) is 14.3 Å². The molecule has 0 aliphatic carbocycles. The fourth-order valence-corrected chi connectivity index (χ4v) is 3.62. The molecule has 1 fully saturated rings. The minimum Gasteiger partial charge on any atom is -0.507 e. The molecule has 0 saturated carbocycles. The van der Waals surface area contributed by atoms with Crippen molar-refractivity contribution >= 4 is 17.4 Å². The van der Waals surface area contributed by atoms with Crippen LogP contribution in [0.15, 0.2) is 54.1 Å². The van der Waals surface area contributed by atoms with Crippen LogP contribution in [0.25, 0.3) is 5.76 Å². The van der Waals surface area contributed by atoms with Gasteiger partial charge in [-0.15, -0.1) is 0 Å². The van der Waals surface area contributed by atoms with E-state index in [0.29, 0.717) is 35.8 Å². The van der Waals surface area contributed by atoms with Crippen molar-refractivity contribution in [2.45, 2.75) is 19.9 Å². The van der Waals surface area contributed by atoms with Crippen LogP contribution >= 0.6 is 0 Å². The summed E-state index contributed by atoms with van der Waals surface area (Å²) in [5, 5.41) is 11.1. The summed E-state index contributed by atoms with van der Waals surface area (Å²) in [6, 6.07) is 13.2. The van der Waals surface area contributed by atoms with Gasteiger partial charge in [0.1, 0.15) is 17.3 Å². The van der Waals surface area contributed by atoms with E-state index in [2.05, 4.69) is 0 Å². The van der Waals surface area contributed by atoms with Crippen LogP contribution in [0.2, 0.25) is 0 Å². The molecule has 1 amide bonds. The van der Waals surface area contributed by atoms with Gasteiger partial charge in [0.25, 0.3) is 11.7 Å². The number of carbonyl (C=O) groups excluding carboxylic acids is 2. The minimum absolute atomic E-state index is 0.0407. The van der Waals surface area contributed by atoms with Crippen molar-refractivity contribution < 1.29 is 28.9 Å². The minimum atomic E-state index is -0.748. The van der Waals surface area contributed by atoms with Crippen LogP contribution in [0.3, 0.4) is 0 Å². The lowest BCUT2D eigenvalue weighted by atomic mass is 9.95. The van der Waals surface area contributed by atoms with Crippen molar-refractivity contribution in [3.05, 3.63) is 65.2 Å². The lowest BCUT2D eigenvalue weighted by molar-refractivity contribution is -0.140. The molecule has 164 valence electrons. The zero-order valence-corrected chi connectivity index (χ0v) is 18.0. The number of rotatable bonds is 9. The smallest absolute Gasteiger partial charge is 0.295 e. The second-order valence-electron chi connectivity index (χ2n) is 6.95. The monoisotopic (exact) mass is 425 g/mol. The van der Waals surface area contributed by atoms with E-state index in [0.717, 1.165) is 0 Å². The van der Waals surface area contributed by atoms with E-state index in [-0.39, 0.29) is 24.5 Å². The number of ether oxygens (including phenoxy) is 3. The van der Waals surface area contributed by atoms with E-state index in [4.69, 9.17) is 14.2 Å². The second kappa shape index (κ2) is 10.1. The number of hydrogen-bond acceptors (Lipinski definition) is 6. The predicted molar refractivity (Wildman–Crippen MR) is 116 cm³/mol. The molecule has 0 bridgehead atoms. The Morgan fingerprint density at radius 1 is 1.00 bits per heavy atom. The molecule has 7 nitrogen and oxygen atoms in total. The second-order valence-corrected chi connectivity index (χ2v) is 6.95. The van der Waals surface area contributed by atoms with Gasteiger partial charge in [0.15, 0.2) is 0 Å². The van der Waals surface area contributed by atoms with Gasteiger partial charge in [-0.2, -0.15) is 0 Å². The molecule has 2 aromatic rings. The van der Waals surface area contributed by atoms with Gasteiger partial charge in [-0.25, -0.2) is 0 Å². The molecule has 1 aliphatic rings. The van der Waals surface area contributed by atoms with Gasteiger partial charge >= 0.3 is 0 Å². The molecule has 2 aromatic carbocycles. The Kier molecular flexibility index (Phi) is 7.31.